The number of amides is 1. The molecule has 11 heteroatoms. The average Bonchev–Trinajstić information content (AvgIpc) is 3.45. The molecular weight excluding hydrogens is 420 g/mol. The van der Waals surface area contributed by atoms with Crippen molar-refractivity contribution in [1.29, 1.82) is 0 Å². The van der Waals surface area contributed by atoms with Crippen molar-refractivity contribution in [2.75, 3.05) is 45.2 Å². The van der Waals surface area contributed by atoms with Crippen molar-refractivity contribution in [3.05, 3.63) is 57.3 Å². The number of thiophene rings is 1. The Kier molecular flexibility index (Phi) is 5.96. The third kappa shape index (κ3) is 4.57. The molecule has 0 spiro atoms. The molecule has 0 unspecified atom stereocenters. The van der Waals surface area contributed by atoms with Crippen LogP contribution in [0.25, 0.3) is 10.7 Å². The summed E-state index contributed by atoms with van der Waals surface area (Å²) in [6.07, 6.45) is 0. The molecule has 1 aliphatic heterocycles. The van der Waals surface area contributed by atoms with Crippen molar-refractivity contribution in [2.45, 2.75) is 6.54 Å². The minimum atomic E-state index is -0.483. The van der Waals surface area contributed by atoms with E-state index in [2.05, 4.69) is 15.0 Å². The normalized spacial score (nSPS) is 14.6. The summed E-state index contributed by atoms with van der Waals surface area (Å²) >= 11 is 1.55. The lowest BCUT2D eigenvalue weighted by molar-refractivity contribution is -0.384. The molecule has 31 heavy (non-hydrogen) atoms. The van der Waals surface area contributed by atoms with Crippen LogP contribution in [0.5, 0.6) is 0 Å². The van der Waals surface area contributed by atoms with E-state index in [0.717, 1.165) is 4.88 Å². The van der Waals surface area contributed by atoms with Gasteiger partial charge in [0.15, 0.2) is 0 Å². The number of piperazine rings is 1. The number of hydrogen-bond acceptors (Lipinski definition) is 9. The molecule has 1 amide bonds. The van der Waals surface area contributed by atoms with Crippen LogP contribution in [0.4, 0.5) is 11.4 Å². The largest absolute Gasteiger partial charge is 0.377 e. The first-order valence-corrected chi connectivity index (χ1v) is 10.6. The van der Waals surface area contributed by atoms with Crippen molar-refractivity contribution < 1.29 is 14.2 Å². The number of benzene rings is 1. The molecule has 0 bridgehead atoms. The molecule has 1 fully saturated rings. The van der Waals surface area contributed by atoms with Crippen LogP contribution < -0.4 is 4.90 Å². The first-order valence-electron chi connectivity index (χ1n) is 9.76. The molecule has 1 aromatic carbocycles. The highest BCUT2D eigenvalue weighted by atomic mass is 32.1. The standard InChI is InChI=1S/C20H22N6O4S/c1-23(2)16-6-5-14(26(28)29)12-15(16)20(27)25-9-7-24(8-10-25)13-18-21-19(22-30-18)17-4-3-11-31-17/h3-6,11-12H,7-10,13H2,1-2H3. The third-order valence-corrected chi connectivity index (χ3v) is 6.00. The number of nitro benzene ring substituents is 1. The van der Waals surface area contributed by atoms with E-state index in [1.807, 2.05) is 31.6 Å². The molecule has 0 N–H and O–H groups in total. The second kappa shape index (κ2) is 8.82. The summed E-state index contributed by atoms with van der Waals surface area (Å²) in [5, 5.41) is 17.2. The topological polar surface area (TPSA) is 109 Å². The van der Waals surface area contributed by atoms with Gasteiger partial charge in [0, 0.05) is 58.1 Å². The van der Waals surface area contributed by atoms with Gasteiger partial charge in [-0.15, -0.1) is 11.3 Å². The van der Waals surface area contributed by atoms with Gasteiger partial charge in [-0.3, -0.25) is 19.8 Å². The maximum absolute atomic E-state index is 13.1. The molecule has 10 nitrogen and oxygen atoms in total. The molecular formula is C20H22N6O4S. The predicted octanol–water partition coefficient (Wildman–Crippen LogP) is 2.73. The zero-order chi connectivity index (χ0) is 22.0. The highest BCUT2D eigenvalue weighted by Gasteiger charge is 2.27. The summed E-state index contributed by atoms with van der Waals surface area (Å²) in [5.41, 5.74) is 0.903. The molecule has 0 saturated carbocycles. The van der Waals surface area contributed by atoms with Gasteiger partial charge in [-0.25, -0.2) is 0 Å². The van der Waals surface area contributed by atoms with Crippen LogP contribution in [0.2, 0.25) is 0 Å². The zero-order valence-electron chi connectivity index (χ0n) is 17.2. The van der Waals surface area contributed by atoms with Crippen molar-refractivity contribution in [1.82, 2.24) is 19.9 Å². The second-order valence-corrected chi connectivity index (χ2v) is 8.36. The molecule has 0 radical (unpaired) electrons. The van der Waals surface area contributed by atoms with Crippen LogP contribution in [0, 0.1) is 10.1 Å². The Morgan fingerprint density at radius 3 is 2.68 bits per heavy atom. The van der Waals surface area contributed by atoms with E-state index >= 15 is 0 Å². The predicted molar refractivity (Wildman–Crippen MR) is 116 cm³/mol. The lowest BCUT2D eigenvalue weighted by Crippen LogP contribution is -2.48. The van der Waals surface area contributed by atoms with Crippen LogP contribution in [0.3, 0.4) is 0 Å². The fourth-order valence-electron chi connectivity index (χ4n) is 3.49. The van der Waals surface area contributed by atoms with Crippen LogP contribution in [-0.4, -0.2) is 71.0 Å². The number of aromatic nitrogens is 2. The zero-order valence-corrected chi connectivity index (χ0v) is 18.0. The fraction of sp³-hybridized carbons (Fsp3) is 0.350. The van der Waals surface area contributed by atoms with Gasteiger partial charge in [0.1, 0.15) is 0 Å². The van der Waals surface area contributed by atoms with E-state index in [1.165, 1.54) is 12.1 Å². The van der Waals surface area contributed by atoms with Crippen molar-refractivity contribution in [2.24, 2.45) is 0 Å². The quantitative estimate of drug-likeness (QED) is 0.423. The second-order valence-electron chi connectivity index (χ2n) is 7.41. The average molecular weight is 443 g/mol. The summed E-state index contributed by atoms with van der Waals surface area (Å²) in [5.74, 6) is 0.919. The van der Waals surface area contributed by atoms with Crippen LogP contribution in [0.1, 0.15) is 16.2 Å². The minimum absolute atomic E-state index is 0.0921. The minimum Gasteiger partial charge on any atom is -0.377 e. The Balaban J connectivity index is 1.40. The lowest BCUT2D eigenvalue weighted by atomic mass is 10.1. The summed E-state index contributed by atoms with van der Waals surface area (Å²) in [6.45, 7) is 2.84. The first kappa shape index (κ1) is 20.9. The van der Waals surface area contributed by atoms with Gasteiger partial charge in [0.2, 0.25) is 11.7 Å². The SMILES string of the molecule is CN(C)c1ccc([N+](=O)[O-])cc1C(=O)N1CCN(Cc2nc(-c3cccs3)no2)CC1. The molecule has 0 atom stereocenters. The van der Waals surface area contributed by atoms with E-state index in [1.54, 1.807) is 27.2 Å². The van der Waals surface area contributed by atoms with E-state index < -0.39 is 4.92 Å². The summed E-state index contributed by atoms with van der Waals surface area (Å²) < 4.78 is 5.37. The number of carbonyl (C=O) groups excluding carboxylic acids is 1. The van der Waals surface area contributed by atoms with Crippen molar-refractivity contribution in [3.8, 4) is 10.7 Å². The number of carbonyl (C=O) groups is 1. The molecule has 3 aromatic rings. The third-order valence-electron chi connectivity index (χ3n) is 5.13. The smallest absolute Gasteiger partial charge is 0.270 e. The molecule has 3 heterocycles. The van der Waals surface area contributed by atoms with Gasteiger partial charge in [-0.2, -0.15) is 4.98 Å². The summed E-state index contributed by atoms with van der Waals surface area (Å²) in [4.78, 5) is 34.9. The Hall–Kier alpha value is -3.31. The number of rotatable bonds is 6. The Labute approximate surface area is 182 Å². The summed E-state index contributed by atoms with van der Waals surface area (Å²) in [7, 11) is 3.62. The Morgan fingerprint density at radius 1 is 1.26 bits per heavy atom. The molecule has 1 aliphatic rings. The van der Waals surface area contributed by atoms with Crippen LogP contribution in [0.15, 0.2) is 40.2 Å². The molecule has 1 saturated heterocycles. The highest BCUT2D eigenvalue weighted by molar-refractivity contribution is 7.13. The Bertz CT molecular complexity index is 1070. The number of hydrogen-bond donors (Lipinski definition) is 0. The van der Waals surface area contributed by atoms with Crippen LogP contribution >= 0.6 is 11.3 Å². The van der Waals surface area contributed by atoms with E-state index in [-0.39, 0.29) is 11.6 Å². The number of nitrogens with zero attached hydrogens (tertiary/aromatic N) is 6. The van der Waals surface area contributed by atoms with Gasteiger partial charge < -0.3 is 14.3 Å². The molecule has 162 valence electrons. The van der Waals surface area contributed by atoms with E-state index in [0.29, 0.717) is 55.7 Å². The monoisotopic (exact) mass is 442 g/mol. The molecule has 4 rings (SSSR count). The van der Waals surface area contributed by atoms with Crippen LogP contribution in [-0.2, 0) is 6.54 Å². The van der Waals surface area contributed by atoms with Crippen molar-refractivity contribution >= 4 is 28.6 Å². The fourth-order valence-corrected chi connectivity index (χ4v) is 4.14. The van der Waals surface area contributed by atoms with Gasteiger partial charge >= 0.3 is 0 Å². The highest BCUT2D eigenvalue weighted by Crippen LogP contribution is 2.26. The van der Waals surface area contributed by atoms with Crippen molar-refractivity contribution in [3.63, 3.8) is 0 Å². The first-order chi connectivity index (χ1) is 14.9. The van der Waals surface area contributed by atoms with Gasteiger partial charge in [0.05, 0.1) is 21.9 Å². The number of anilines is 1. The lowest BCUT2D eigenvalue weighted by Gasteiger charge is -2.34. The van der Waals surface area contributed by atoms with E-state index in [4.69, 9.17) is 4.52 Å². The molecule has 2 aromatic heterocycles. The van der Waals surface area contributed by atoms with Gasteiger partial charge in [0.25, 0.3) is 11.6 Å². The number of nitro groups is 1. The molecule has 0 aliphatic carbocycles. The maximum Gasteiger partial charge on any atom is 0.270 e. The van der Waals surface area contributed by atoms with Gasteiger partial charge in [-0.1, -0.05) is 11.2 Å². The summed E-state index contributed by atoms with van der Waals surface area (Å²) in [6, 6.07) is 8.27. The Morgan fingerprint density at radius 2 is 2.03 bits per heavy atom. The van der Waals surface area contributed by atoms with Gasteiger partial charge in [-0.05, 0) is 17.5 Å². The maximum atomic E-state index is 13.1. The number of non-ortho nitro benzene ring substituents is 1. The van der Waals surface area contributed by atoms with E-state index in [9.17, 15) is 14.9 Å².